The van der Waals surface area contributed by atoms with Gasteiger partial charge in [0.25, 0.3) is 0 Å². The summed E-state index contributed by atoms with van der Waals surface area (Å²) in [5.74, 6) is 1.91. The van der Waals surface area contributed by atoms with Gasteiger partial charge in [-0.25, -0.2) is 12.7 Å². The molecule has 2 N–H and O–H groups in total. The van der Waals surface area contributed by atoms with Crippen LogP contribution in [0, 0.1) is 5.92 Å². The molecule has 0 bridgehead atoms. The fourth-order valence-electron chi connectivity index (χ4n) is 3.32. The lowest BCUT2D eigenvalue weighted by Crippen LogP contribution is -2.50. The molecule has 0 spiro atoms. The molecule has 6 nitrogen and oxygen atoms in total. The first-order chi connectivity index (χ1) is 11.0. The van der Waals surface area contributed by atoms with E-state index in [1.807, 2.05) is 6.92 Å². The number of nitrogens with one attached hydrogen (secondary N) is 2. The van der Waals surface area contributed by atoms with Crippen LogP contribution in [0.5, 0.6) is 0 Å². The Bertz CT molecular complexity index is 498. The standard InChI is InChI=1S/C16H32N4O2S/c1-4-6-13-12-15(13)19-16(17-3)18-14-7-9-20(10-8-14)23(21,22)11-5-2/h13-15H,4-12H2,1-3H3,(H2,17,18,19). The molecule has 2 rings (SSSR count). The van der Waals surface area contributed by atoms with Crippen LogP contribution in [0.3, 0.4) is 0 Å². The maximum absolute atomic E-state index is 12.1. The normalized spacial score (nSPS) is 27.0. The summed E-state index contributed by atoms with van der Waals surface area (Å²) in [4.78, 5) is 4.32. The number of nitrogens with zero attached hydrogens (tertiary/aromatic N) is 2. The van der Waals surface area contributed by atoms with Crippen LogP contribution in [0.2, 0.25) is 0 Å². The van der Waals surface area contributed by atoms with E-state index in [4.69, 9.17) is 0 Å². The summed E-state index contributed by atoms with van der Waals surface area (Å²) >= 11 is 0. The Morgan fingerprint density at radius 3 is 2.43 bits per heavy atom. The van der Waals surface area contributed by atoms with E-state index in [0.717, 1.165) is 24.7 Å². The number of piperidine rings is 1. The molecule has 7 heteroatoms. The second-order valence-corrected chi connectivity index (χ2v) is 8.83. The Balaban J connectivity index is 1.75. The molecule has 0 aromatic rings. The molecule has 0 radical (unpaired) electrons. The van der Waals surface area contributed by atoms with E-state index in [-0.39, 0.29) is 5.75 Å². The van der Waals surface area contributed by atoms with Crippen molar-refractivity contribution in [2.45, 2.75) is 64.5 Å². The Morgan fingerprint density at radius 2 is 1.87 bits per heavy atom. The highest BCUT2D eigenvalue weighted by Crippen LogP contribution is 2.34. The van der Waals surface area contributed by atoms with Crippen LogP contribution in [0.25, 0.3) is 0 Å². The molecule has 0 amide bonds. The van der Waals surface area contributed by atoms with Crippen molar-refractivity contribution in [2.75, 3.05) is 25.9 Å². The van der Waals surface area contributed by atoms with Gasteiger partial charge in [-0.05, 0) is 38.0 Å². The summed E-state index contributed by atoms with van der Waals surface area (Å²) < 4.78 is 25.8. The third-order valence-corrected chi connectivity index (χ3v) is 6.85. The van der Waals surface area contributed by atoms with Crippen molar-refractivity contribution in [3.8, 4) is 0 Å². The van der Waals surface area contributed by atoms with E-state index in [1.54, 1.807) is 11.4 Å². The van der Waals surface area contributed by atoms with E-state index >= 15 is 0 Å². The summed E-state index contributed by atoms with van der Waals surface area (Å²) in [7, 11) is -1.25. The molecule has 134 valence electrons. The zero-order valence-corrected chi connectivity index (χ0v) is 15.5. The van der Waals surface area contributed by atoms with Crippen molar-refractivity contribution in [2.24, 2.45) is 10.9 Å². The van der Waals surface area contributed by atoms with E-state index in [1.165, 1.54) is 19.3 Å². The molecule has 1 aliphatic carbocycles. The van der Waals surface area contributed by atoms with Crippen molar-refractivity contribution < 1.29 is 8.42 Å². The molecule has 2 fully saturated rings. The van der Waals surface area contributed by atoms with E-state index < -0.39 is 10.0 Å². The zero-order valence-electron chi connectivity index (χ0n) is 14.7. The third-order valence-electron chi connectivity index (χ3n) is 4.78. The van der Waals surface area contributed by atoms with Crippen LogP contribution in [0.4, 0.5) is 0 Å². The number of aliphatic imine (C=N–C) groups is 1. The van der Waals surface area contributed by atoms with Gasteiger partial charge in [0.2, 0.25) is 10.0 Å². The molecular weight excluding hydrogens is 312 g/mol. The largest absolute Gasteiger partial charge is 0.354 e. The summed E-state index contributed by atoms with van der Waals surface area (Å²) in [6.07, 6.45) is 6.11. The van der Waals surface area contributed by atoms with Gasteiger partial charge in [0.15, 0.2) is 5.96 Å². The maximum atomic E-state index is 12.1. The molecule has 2 unspecified atom stereocenters. The van der Waals surface area contributed by atoms with Gasteiger partial charge in [-0.1, -0.05) is 20.3 Å². The van der Waals surface area contributed by atoms with Gasteiger partial charge in [0.1, 0.15) is 0 Å². The highest BCUT2D eigenvalue weighted by Gasteiger charge is 2.37. The van der Waals surface area contributed by atoms with Gasteiger partial charge >= 0.3 is 0 Å². The first kappa shape index (κ1) is 18.5. The highest BCUT2D eigenvalue weighted by molar-refractivity contribution is 7.89. The van der Waals surface area contributed by atoms with Crippen LogP contribution in [0.15, 0.2) is 4.99 Å². The SMILES string of the molecule is CCCC1CC1NC(=NC)NC1CCN(S(=O)(=O)CCC)CC1. The van der Waals surface area contributed by atoms with Crippen LogP contribution in [0.1, 0.15) is 52.4 Å². The smallest absolute Gasteiger partial charge is 0.214 e. The monoisotopic (exact) mass is 344 g/mol. The van der Waals surface area contributed by atoms with Crippen molar-refractivity contribution in [1.29, 1.82) is 0 Å². The van der Waals surface area contributed by atoms with Crippen LogP contribution in [-0.4, -0.2) is 56.7 Å². The summed E-state index contributed by atoms with van der Waals surface area (Å²) in [5, 5.41) is 6.95. The molecule has 1 heterocycles. The van der Waals surface area contributed by atoms with E-state index in [0.29, 0.717) is 31.6 Å². The van der Waals surface area contributed by atoms with Crippen molar-refractivity contribution in [3.05, 3.63) is 0 Å². The predicted octanol–water partition coefficient (Wildman–Crippen LogP) is 1.54. The Hall–Kier alpha value is -0.820. The fourth-order valence-corrected chi connectivity index (χ4v) is 4.86. The number of rotatable bonds is 7. The lowest BCUT2D eigenvalue weighted by Gasteiger charge is -2.32. The quantitative estimate of drug-likeness (QED) is 0.543. The minimum atomic E-state index is -3.05. The molecule has 1 saturated carbocycles. The average Bonchev–Trinajstić information content (AvgIpc) is 3.25. The van der Waals surface area contributed by atoms with Crippen LogP contribution >= 0.6 is 0 Å². The average molecular weight is 345 g/mol. The molecule has 1 saturated heterocycles. The fraction of sp³-hybridized carbons (Fsp3) is 0.938. The number of sulfonamides is 1. The Morgan fingerprint density at radius 1 is 1.17 bits per heavy atom. The topological polar surface area (TPSA) is 73.8 Å². The molecule has 23 heavy (non-hydrogen) atoms. The van der Waals surface area contributed by atoms with Gasteiger partial charge in [-0.3, -0.25) is 4.99 Å². The highest BCUT2D eigenvalue weighted by atomic mass is 32.2. The van der Waals surface area contributed by atoms with Gasteiger partial charge in [0.05, 0.1) is 5.75 Å². The molecule has 1 aliphatic heterocycles. The second kappa shape index (κ2) is 8.33. The number of hydrogen-bond acceptors (Lipinski definition) is 3. The zero-order chi connectivity index (χ0) is 16.9. The third kappa shape index (κ3) is 5.35. The Labute approximate surface area is 141 Å². The molecular formula is C16H32N4O2S. The predicted molar refractivity (Wildman–Crippen MR) is 95.1 cm³/mol. The minimum Gasteiger partial charge on any atom is -0.354 e. The van der Waals surface area contributed by atoms with Crippen LogP contribution < -0.4 is 10.6 Å². The number of guanidine groups is 1. The molecule has 2 aliphatic rings. The second-order valence-electron chi connectivity index (χ2n) is 6.74. The Kier molecular flexibility index (Phi) is 6.71. The van der Waals surface area contributed by atoms with Crippen LogP contribution in [-0.2, 0) is 10.0 Å². The lowest BCUT2D eigenvalue weighted by atomic mass is 10.1. The maximum Gasteiger partial charge on any atom is 0.214 e. The van der Waals surface area contributed by atoms with Gasteiger partial charge < -0.3 is 10.6 Å². The summed E-state index contributed by atoms with van der Waals surface area (Å²) in [6, 6.07) is 0.865. The molecule has 0 aromatic heterocycles. The number of hydrogen-bond donors (Lipinski definition) is 2. The van der Waals surface area contributed by atoms with Crippen molar-refractivity contribution in [1.82, 2.24) is 14.9 Å². The molecule has 0 aromatic carbocycles. The van der Waals surface area contributed by atoms with Crippen molar-refractivity contribution >= 4 is 16.0 Å². The lowest BCUT2D eigenvalue weighted by molar-refractivity contribution is 0.306. The van der Waals surface area contributed by atoms with E-state index in [2.05, 4.69) is 22.5 Å². The summed E-state index contributed by atoms with van der Waals surface area (Å²) in [6.45, 7) is 5.35. The van der Waals surface area contributed by atoms with Gasteiger partial charge in [-0.2, -0.15) is 0 Å². The van der Waals surface area contributed by atoms with Gasteiger partial charge in [0, 0.05) is 32.2 Å². The van der Waals surface area contributed by atoms with Crippen molar-refractivity contribution in [3.63, 3.8) is 0 Å². The first-order valence-electron chi connectivity index (χ1n) is 8.97. The van der Waals surface area contributed by atoms with E-state index in [9.17, 15) is 8.42 Å². The first-order valence-corrected chi connectivity index (χ1v) is 10.6. The van der Waals surface area contributed by atoms with Gasteiger partial charge in [-0.15, -0.1) is 0 Å². The molecule has 2 atom stereocenters. The minimum absolute atomic E-state index is 0.259. The summed E-state index contributed by atoms with van der Waals surface area (Å²) in [5.41, 5.74) is 0.